The Balaban J connectivity index is 0. The molecule has 0 aromatic heterocycles. The minimum Gasteiger partial charge on any atom is -0.358 e. The quantitative estimate of drug-likeness (QED) is 0.457. The summed E-state index contributed by atoms with van der Waals surface area (Å²) in [6.07, 6.45) is 3.57. The molecule has 1 radical (unpaired) electrons. The Morgan fingerprint density at radius 3 is 2.17 bits per heavy atom. The van der Waals surface area contributed by atoms with Crippen molar-refractivity contribution in [1.29, 1.82) is 0 Å². The van der Waals surface area contributed by atoms with Crippen LogP contribution in [0, 0.1) is 0 Å². The van der Waals surface area contributed by atoms with Crippen LogP contribution in [-0.4, -0.2) is 22.3 Å². The summed E-state index contributed by atoms with van der Waals surface area (Å²) in [5, 5.41) is 0. The predicted molar refractivity (Wildman–Crippen MR) is 58.4 cm³/mol. The summed E-state index contributed by atoms with van der Waals surface area (Å²) in [6.45, 7) is 6.45. The molecule has 0 aliphatic heterocycles. The van der Waals surface area contributed by atoms with E-state index in [2.05, 4.69) is 31.4 Å². The molecule has 0 amide bonds. The smallest absolute Gasteiger partial charge is 0.133 e. The molecule has 1 nitrogen and oxygen atoms in total. The van der Waals surface area contributed by atoms with E-state index in [9.17, 15) is 0 Å². The van der Waals surface area contributed by atoms with E-state index in [0.29, 0.717) is 0 Å². The number of unbranched alkanes of at least 4 members (excludes halogenated alkanes) is 1. The van der Waals surface area contributed by atoms with E-state index in [-0.39, 0.29) is 17.1 Å². The maximum Gasteiger partial charge on any atom is 0.133 e. The van der Waals surface area contributed by atoms with Gasteiger partial charge in [-0.15, -0.1) is 12.6 Å². The molecule has 0 rings (SSSR count). The van der Waals surface area contributed by atoms with Gasteiger partial charge in [0, 0.05) is 30.2 Å². The summed E-state index contributed by atoms with van der Waals surface area (Å²) in [5.41, 5.74) is 0. The Kier molecular flexibility index (Phi) is 12.5. The van der Waals surface area contributed by atoms with Gasteiger partial charge < -0.3 is 4.90 Å². The minimum atomic E-state index is 0. The van der Waals surface area contributed by atoms with Crippen LogP contribution in [0.25, 0.3) is 0 Å². The van der Waals surface area contributed by atoms with E-state index in [1.165, 1.54) is 12.8 Å². The first-order chi connectivity index (χ1) is 5.22. The third kappa shape index (κ3) is 7.41. The van der Waals surface area contributed by atoms with Gasteiger partial charge in [0.2, 0.25) is 0 Å². The van der Waals surface area contributed by atoms with Gasteiger partial charge in [0.05, 0.1) is 0 Å². The Morgan fingerprint density at radius 2 is 1.83 bits per heavy atom. The Labute approximate surface area is 97.2 Å². The first-order valence-electron chi connectivity index (χ1n) is 4.20. The molecule has 0 aliphatic rings. The molecular formula is C8H17CuNS2. The van der Waals surface area contributed by atoms with Gasteiger partial charge >= 0.3 is 0 Å². The molecule has 0 saturated carbocycles. The summed E-state index contributed by atoms with van der Waals surface area (Å²) in [5.74, 6) is 0. The van der Waals surface area contributed by atoms with E-state index in [1.807, 2.05) is 0 Å². The summed E-state index contributed by atoms with van der Waals surface area (Å²) < 4.78 is 0.736. The Hall–Kier alpha value is 0.759. The van der Waals surface area contributed by atoms with Gasteiger partial charge in [-0.1, -0.05) is 32.5 Å². The number of nitrogens with zero attached hydrogens (tertiary/aromatic N) is 1. The zero-order chi connectivity index (χ0) is 8.69. The van der Waals surface area contributed by atoms with Gasteiger partial charge in [-0.2, -0.15) is 0 Å². The number of hydrogen-bond donors (Lipinski definition) is 1. The van der Waals surface area contributed by atoms with E-state index < -0.39 is 0 Å². The topological polar surface area (TPSA) is 3.24 Å². The van der Waals surface area contributed by atoms with Gasteiger partial charge in [-0.25, -0.2) is 0 Å². The molecule has 0 saturated heterocycles. The second-order valence-electron chi connectivity index (χ2n) is 2.62. The molecule has 0 fully saturated rings. The van der Waals surface area contributed by atoms with Crippen molar-refractivity contribution in [2.45, 2.75) is 33.1 Å². The maximum absolute atomic E-state index is 4.99. The number of thiol groups is 1. The zero-order valence-electron chi connectivity index (χ0n) is 7.64. The molecule has 0 bridgehead atoms. The molecule has 0 spiro atoms. The third-order valence-electron chi connectivity index (χ3n) is 1.55. The average molecular weight is 255 g/mol. The van der Waals surface area contributed by atoms with Crippen LogP contribution in [0.15, 0.2) is 0 Å². The number of thiocarbonyl (C=S) groups is 1. The molecule has 12 heavy (non-hydrogen) atoms. The SMILES string of the molecule is CCCCN(CCC)C(=S)S.[Cu]. The van der Waals surface area contributed by atoms with Crippen LogP contribution in [0.4, 0.5) is 0 Å². The number of rotatable bonds is 5. The summed E-state index contributed by atoms with van der Waals surface area (Å²) in [6, 6.07) is 0. The summed E-state index contributed by atoms with van der Waals surface area (Å²) >= 11 is 9.14. The monoisotopic (exact) mass is 254 g/mol. The normalized spacial score (nSPS) is 8.92. The van der Waals surface area contributed by atoms with Crippen molar-refractivity contribution in [2.24, 2.45) is 0 Å². The van der Waals surface area contributed by atoms with Gasteiger partial charge in [0.25, 0.3) is 0 Å². The molecule has 0 aromatic carbocycles. The van der Waals surface area contributed by atoms with Crippen LogP contribution < -0.4 is 0 Å². The van der Waals surface area contributed by atoms with Crippen LogP contribution in [0.3, 0.4) is 0 Å². The molecule has 0 unspecified atom stereocenters. The van der Waals surface area contributed by atoms with Crippen molar-refractivity contribution >= 4 is 29.2 Å². The average Bonchev–Trinajstić information content (AvgIpc) is 1.97. The largest absolute Gasteiger partial charge is 0.358 e. The van der Waals surface area contributed by atoms with E-state index in [1.54, 1.807) is 0 Å². The standard InChI is InChI=1S/C8H17NS2.Cu/c1-3-5-7-9(6-4-2)8(10)11;/h3-7H2,1-2H3,(H,10,11);. The molecular weight excluding hydrogens is 238 g/mol. The molecule has 0 atom stereocenters. The van der Waals surface area contributed by atoms with Crippen LogP contribution in [0.2, 0.25) is 0 Å². The zero-order valence-corrected chi connectivity index (χ0v) is 10.3. The van der Waals surface area contributed by atoms with Crippen molar-refractivity contribution in [1.82, 2.24) is 4.90 Å². The fourth-order valence-corrected chi connectivity index (χ4v) is 1.30. The van der Waals surface area contributed by atoms with E-state index in [4.69, 9.17) is 12.2 Å². The fraction of sp³-hybridized carbons (Fsp3) is 0.875. The third-order valence-corrected chi connectivity index (χ3v) is 2.09. The van der Waals surface area contributed by atoms with Crippen LogP contribution in [0.1, 0.15) is 33.1 Å². The number of hydrogen-bond acceptors (Lipinski definition) is 1. The molecule has 0 N–H and O–H groups in total. The summed E-state index contributed by atoms with van der Waals surface area (Å²) in [7, 11) is 0. The van der Waals surface area contributed by atoms with Crippen LogP contribution >= 0.6 is 24.8 Å². The summed E-state index contributed by atoms with van der Waals surface area (Å²) in [4.78, 5) is 2.15. The van der Waals surface area contributed by atoms with Crippen LogP contribution in [0.5, 0.6) is 0 Å². The fourth-order valence-electron chi connectivity index (χ4n) is 0.922. The minimum absolute atomic E-state index is 0. The molecule has 0 aliphatic carbocycles. The predicted octanol–water partition coefficient (Wildman–Crippen LogP) is 2.71. The van der Waals surface area contributed by atoms with Gasteiger partial charge in [-0.3, -0.25) is 0 Å². The van der Waals surface area contributed by atoms with Crippen molar-refractivity contribution in [3.05, 3.63) is 0 Å². The molecule has 0 heterocycles. The second kappa shape index (κ2) is 9.84. The van der Waals surface area contributed by atoms with Crippen molar-refractivity contribution in [2.75, 3.05) is 13.1 Å². The van der Waals surface area contributed by atoms with E-state index in [0.717, 1.165) is 23.8 Å². The maximum atomic E-state index is 4.99. The van der Waals surface area contributed by atoms with Crippen molar-refractivity contribution in [3.63, 3.8) is 0 Å². The van der Waals surface area contributed by atoms with Crippen molar-refractivity contribution in [3.8, 4) is 0 Å². The molecule has 77 valence electrons. The van der Waals surface area contributed by atoms with E-state index >= 15 is 0 Å². The van der Waals surface area contributed by atoms with Crippen molar-refractivity contribution < 1.29 is 17.1 Å². The first kappa shape index (κ1) is 15.2. The molecule has 0 aromatic rings. The van der Waals surface area contributed by atoms with Gasteiger partial charge in [0.15, 0.2) is 0 Å². The Morgan fingerprint density at radius 1 is 1.25 bits per heavy atom. The first-order valence-corrected chi connectivity index (χ1v) is 5.05. The Bertz CT molecular complexity index is 120. The van der Waals surface area contributed by atoms with Gasteiger partial charge in [0.1, 0.15) is 4.32 Å². The van der Waals surface area contributed by atoms with Crippen LogP contribution in [-0.2, 0) is 17.1 Å². The van der Waals surface area contributed by atoms with Gasteiger partial charge in [-0.05, 0) is 12.8 Å². The second-order valence-corrected chi connectivity index (χ2v) is 3.74. The molecule has 4 heteroatoms.